The van der Waals surface area contributed by atoms with E-state index >= 15 is 0 Å². The van der Waals surface area contributed by atoms with E-state index in [1.165, 1.54) is 0 Å². The lowest BCUT2D eigenvalue weighted by atomic mass is 10.3. The van der Waals surface area contributed by atoms with Crippen LogP contribution < -0.4 is 4.72 Å². The highest BCUT2D eigenvalue weighted by Crippen LogP contribution is 2.25. The average molecular weight is 391 g/mol. The predicted molar refractivity (Wildman–Crippen MR) is 79.1 cm³/mol. The van der Waals surface area contributed by atoms with Crippen LogP contribution in [0.2, 0.25) is 0 Å². The van der Waals surface area contributed by atoms with Crippen LogP contribution in [0, 0.1) is 0 Å². The highest BCUT2D eigenvalue weighted by Gasteiger charge is 2.13. The largest absolute Gasteiger partial charge is 0.280 e. The van der Waals surface area contributed by atoms with E-state index in [1.54, 1.807) is 42.5 Å². The molecule has 0 aliphatic heterocycles. The SMILES string of the molecule is O=S(=O)(Nc1cc(Br)cc(Br)c1)c1ccccc1. The van der Waals surface area contributed by atoms with Crippen molar-refractivity contribution in [3.8, 4) is 0 Å². The van der Waals surface area contributed by atoms with Gasteiger partial charge in [0.2, 0.25) is 0 Å². The van der Waals surface area contributed by atoms with Gasteiger partial charge in [0.15, 0.2) is 0 Å². The Morgan fingerprint density at radius 3 is 2.00 bits per heavy atom. The third kappa shape index (κ3) is 3.34. The predicted octanol–water partition coefficient (Wildman–Crippen LogP) is 4.01. The van der Waals surface area contributed by atoms with Crippen molar-refractivity contribution in [1.29, 1.82) is 0 Å². The van der Waals surface area contributed by atoms with Crippen molar-refractivity contribution in [2.75, 3.05) is 4.72 Å². The average Bonchev–Trinajstić information content (AvgIpc) is 2.28. The van der Waals surface area contributed by atoms with Crippen LogP contribution in [-0.2, 0) is 10.0 Å². The number of benzene rings is 2. The van der Waals surface area contributed by atoms with E-state index in [4.69, 9.17) is 0 Å². The summed E-state index contributed by atoms with van der Waals surface area (Å²) in [6.45, 7) is 0. The van der Waals surface area contributed by atoms with E-state index in [-0.39, 0.29) is 4.90 Å². The minimum atomic E-state index is -3.54. The number of anilines is 1. The summed E-state index contributed by atoms with van der Waals surface area (Å²) in [5.74, 6) is 0. The molecule has 0 amide bonds. The summed E-state index contributed by atoms with van der Waals surface area (Å²) in [5.41, 5.74) is 0.500. The van der Waals surface area contributed by atoms with Crippen LogP contribution in [0.3, 0.4) is 0 Å². The normalized spacial score (nSPS) is 11.2. The van der Waals surface area contributed by atoms with Gasteiger partial charge in [0, 0.05) is 8.95 Å². The molecule has 0 radical (unpaired) electrons. The molecule has 0 saturated carbocycles. The molecule has 0 bridgehead atoms. The zero-order valence-electron chi connectivity index (χ0n) is 9.10. The molecule has 0 heterocycles. The summed E-state index contributed by atoms with van der Waals surface area (Å²) in [4.78, 5) is 0.237. The highest BCUT2D eigenvalue weighted by atomic mass is 79.9. The molecule has 0 aliphatic carbocycles. The summed E-state index contributed by atoms with van der Waals surface area (Å²) in [7, 11) is -3.54. The van der Waals surface area contributed by atoms with E-state index in [0.717, 1.165) is 8.95 Å². The fraction of sp³-hybridized carbons (Fsp3) is 0. The highest BCUT2D eigenvalue weighted by molar-refractivity contribution is 9.11. The lowest BCUT2D eigenvalue weighted by Gasteiger charge is -2.08. The Kier molecular flexibility index (Phi) is 4.09. The van der Waals surface area contributed by atoms with Crippen molar-refractivity contribution in [3.05, 3.63) is 57.5 Å². The third-order valence-corrected chi connectivity index (χ3v) is 4.48. The zero-order valence-corrected chi connectivity index (χ0v) is 13.1. The van der Waals surface area contributed by atoms with Gasteiger partial charge in [-0.15, -0.1) is 0 Å². The van der Waals surface area contributed by atoms with Crippen molar-refractivity contribution in [1.82, 2.24) is 0 Å². The van der Waals surface area contributed by atoms with Crippen LogP contribution in [-0.4, -0.2) is 8.42 Å². The zero-order chi connectivity index (χ0) is 13.2. The van der Waals surface area contributed by atoms with Crippen molar-refractivity contribution >= 4 is 47.6 Å². The second-order valence-electron chi connectivity index (χ2n) is 3.58. The fourth-order valence-corrected chi connectivity index (χ4v) is 3.78. The number of hydrogen-bond acceptors (Lipinski definition) is 2. The lowest BCUT2D eigenvalue weighted by Crippen LogP contribution is -2.12. The van der Waals surface area contributed by atoms with E-state index in [1.807, 2.05) is 6.07 Å². The molecule has 0 atom stereocenters. The topological polar surface area (TPSA) is 46.2 Å². The van der Waals surface area contributed by atoms with Gasteiger partial charge in [0.25, 0.3) is 10.0 Å². The van der Waals surface area contributed by atoms with Crippen LogP contribution in [0.1, 0.15) is 0 Å². The van der Waals surface area contributed by atoms with Gasteiger partial charge in [0.05, 0.1) is 10.6 Å². The maximum absolute atomic E-state index is 12.1. The molecule has 6 heteroatoms. The Balaban J connectivity index is 2.34. The summed E-state index contributed by atoms with van der Waals surface area (Å²) in [5, 5.41) is 0. The minimum Gasteiger partial charge on any atom is -0.280 e. The number of halogens is 2. The molecule has 2 rings (SSSR count). The van der Waals surface area contributed by atoms with Gasteiger partial charge >= 0.3 is 0 Å². The van der Waals surface area contributed by atoms with Crippen LogP contribution in [0.4, 0.5) is 5.69 Å². The Hall–Kier alpha value is -0.850. The molecule has 0 aliphatic rings. The van der Waals surface area contributed by atoms with E-state index < -0.39 is 10.0 Å². The molecule has 0 saturated heterocycles. The maximum atomic E-state index is 12.1. The first-order valence-corrected chi connectivity index (χ1v) is 8.08. The van der Waals surface area contributed by atoms with Gasteiger partial charge in [-0.3, -0.25) is 4.72 Å². The molecular weight excluding hydrogens is 382 g/mol. The standard InChI is InChI=1S/C12H9Br2NO2S/c13-9-6-10(14)8-11(7-9)15-18(16,17)12-4-2-1-3-5-12/h1-8,15H. The smallest absolute Gasteiger partial charge is 0.261 e. The first-order chi connectivity index (χ1) is 8.47. The molecule has 18 heavy (non-hydrogen) atoms. The first-order valence-electron chi connectivity index (χ1n) is 5.01. The molecular formula is C12H9Br2NO2S. The van der Waals surface area contributed by atoms with Crippen LogP contribution >= 0.6 is 31.9 Å². The molecule has 2 aromatic carbocycles. The quantitative estimate of drug-likeness (QED) is 0.860. The summed E-state index contributed by atoms with van der Waals surface area (Å²) < 4.78 is 28.3. The van der Waals surface area contributed by atoms with Crippen LogP contribution in [0.5, 0.6) is 0 Å². The molecule has 0 fully saturated rings. The summed E-state index contributed by atoms with van der Waals surface area (Å²) in [6, 6.07) is 13.5. The number of rotatable bonds is 3. The van der Waals surface area contributed by atoms with Gasteiger partial charge in [-0.2, -0.15) is 0 Å². The second kappa shape index (κ2) is 5.42. The summed E-state index contributed by atoms with van der Waals surface area (Å²) in [6.07, 6.45) is 0. The monoisotopic (exact) mass is 389 g/mol. The fourth-order valence-electron chi connectivity index (χ4n) is 1.43. The second-order valence-corrected chi connectivity index (χ2v) is 7.09. The van der Waals surface area contributed by atoms with E-state index in [0.29, 0.717) is 5.69 Å². The third-order valence-electron chi connectivity index (χ3n) is 2.17. The number of sulfonamides is 1. The number of hydrogen-bond donors (Lipinski definition) is 1. The van der Waals surface area contributed by atoms with Crippen LogP contribution in [0.25, 0.3) is 0 Å². The lowest BCUT2D eigenvalue weighted by molar-refractivity contribution is 0.601. The molecule has 94 valence electrons. The Labute approximate surface area is 123 Å². The van der Waals surface area contributed by atoms with Gasteiger partial charge in [-0.25, -0.2) is 8.42 Å². The van der Waals surface area contributed by atoms with Gasteiger partial charge in [-0.1, -0.05) is 50.1 Å². The van der Waals surface area contributed by atoms with E-state index in [9.17, 15) is 8.42 Å². The molecule has 0 unspecified atom stereocenters. The Morgan fingerprint density at radius 1 is 0.889 bits per heavy atom. The van der Waals surface area contributed by atoms with Gasteiger partial charge in [-0.05, 0) is 30.3 Å². The molecule has 3 nitrogen and oxygen atoms in total. The maximum Gasteiger partial charge on any atom is 0.261 e. The molecule has 0 aromatic heterocycles. The molecule has 1 N–H and O–H groups in total. The summed E-state index contributed by atoms with van der Waals surface area (Å²) >= 11 is 6.62. The van der Waals surface area contributed by atoms with Crippen molar-refractivity contribution in [2.24, 2.45) is 0 Å². The van der Waals surface area contributed by atoms with Crippen molar-refractivity contribution < 1.29 is 8.42 Å². The van der Waals surface area contributed by atoms with Crippen molar-refractivity contribution in [3.63, 3.8) is 0 Å². The van der Waals surface area contributed by atoms with Crippen LogP contribution in [0.15, 0.2) is 62.4 Å². The van der Waals surface area contributed by atoms with Gasteiger partial charge in [0.1, 0.15) is 0 Å². The number of nitrogens with one attached hydrogen (secondary N) is 1. The Bertz CT molecular complexity index is 637. The van der Waals surface area contributed by atoms with Gasteiger partial charge < -0.3 is 0 Å². The van der Waals surface area contributed by atoms with E-state index in [2.05, 4.69) is 36.6 Å². The Morgan fingerprint density at radius 2 is 1.44 bits per heavy atom. The van der Waals surface area contributed by atoms with Crippen molar-refractivity contribution in [2.45, 2.75) is 4.90 Å². The molecule has 0 spiro atoms. The first kappa shape index (κ1) is 13.6. The molecule has 2 aromatic rings. The minimum absolute atomic E-state index is 0.237.